The van der Waals surface area contributed by atoms with Gasteiger partial charge in [0.1, 0.15) is 0 Å². The molecule has 1 aliphatic rings. The van der Waals surface area contributed by atoms with Gasteiger partial charge in [-0.25, -0.2) is 0 Å². The fraction of sp³-hybridized carbons (Fsp3) is 0.714. The Kier molecular flexibility index (Phi) is 2.10. The maximum atomic E-state index is 3.37. The summed E-state index contributed by atoms with van der Waals surface area (Å²) in [5.41, 5.74) is 0. The summed E-state index contributed by atoms with van der Waals surface area (Å²) >= 11 is 0. The van der Waals surface area contributed by atoms with Crippen molar-refractivity contribution in [2.45, 2.75) is 25.8 Å². The molecule has 0 atom stereocenters. The molecule has 0 radical (unpaired) electrons. The summed E-state index contributed by atoms with van der Waals surface area (Å²) < 4.78 is 0. The number of allylic oxidation sites excluding steroid dienone is 1. The highest BCUT2D eigenvalue weighted by atomic mass is 14.9. The van der Waals surface area contributed by atoms with Crippen molar-refractivity contribution in [2.75, 3.05) is 6.54 Å². The Morgan fingerprint density at radius 1 is 1.62 bits per heavy atom. The number of hydrogen-bond acceptors (Lipinski definition) is 1. The molecule has 0 heterocycles. The van der Waals surface area contributed by atoms with Gasteiger partial charge >= 0.3 is 0 Å². The lowest BCUT2D eigenvalue weighted by Crippen LogP contribution is -2.15. The monoisotopic (exact) mass is 111 g/mol. The van der Waals surface area contributed by atoms with E-state index in [1.165, 1.54) is 12.8 Å². The number of rotatable bonds is 3. The van der Waals surface area contributed by atoms with E-state index >= 15 is 0 Å². The lowest BCUT2D eigenvalue weighted by molar-refractivity contribution is 0.753. The first-order valence-electron chi connectivity index (χ1n) is 3.28. The van der Waals surface area contributed by atoms with E-state index in [2.05, 4.69) is 24.4 Å². The molecule has 1 aliphatic carbocycles. The van der Waals surface area contributed by atoms with E-state index in [0.29, 0.717) is 0 Å². The Bertz CT molecular complexity index is 82.4. The van der Waals surface area contributed by atoms with E-state index in [0.717, 1.165) is 12.6 Å². The van der Waals surface area contributed by atoms with Crippen LogP contribution in [0.15, 0.2) is 12.2 Å². The summed E-state index contributed by atoms with van der Waals surface area (Å²) in [5, 5.41) is 3.37. The first kappa shape index (κ1) is 5.83. The summed E-state index contributed by atoms with van der Waals surface area (Å²) in [6.45, 7) is 3.11. The maximum Gasteiger partial charge on any atom is 0.0137 e. The van der Waals surface area contributed by atoms with E-state index in [9.17, 15) is 0 Å². The molecule has 0 bridgehead atoms. The molecule has 0 aromatic rings. The molecule has 1 saturated carbocycles. The zero-order chi connectivity index (χ0) is 5.82. The molecule has 1 heteroatoms. The van der Waals surface area contributed by atoms with Gasteiger partial charge in [-0.3, -0.25) is 0 Å². The van der Waals surface area contributed by atoms with Crippen LogP contribution in [0.5, 0.6) is 0 Å². The Morgan fingerprint density at radius 3 is 2.88 bits per heavy atom. The lowest BCUT2D eigenvalue weighted by Gasteiger charge is -1.92. The first-order valence-corrected chi connectivity index (χ1v) is 3.28. The third kappa shape index (κ3) is 2.12. The lowest BCUT2D eigenvalue weighted by atomic mass is 10.5. The van der Waals surface area contributed by atoms with Crippen LogP contribution >= 0.6 is 0 Å². The average Bonchev–Trinajstić information content (AvgIpc) is 2.51. The molecule has 46 valence electrons. The Hall–Kier alpha value is -0.300. The highest BCUT2D eigenvalue weighted by Gasteiger charge is 2.18. The molecule has 1 N–H and O–H groups in total. The molecular formula is C7H13N. The van der Waals surface area contributed by atoms with E-state index in [-0.39, 0.29) is 0 Å². The predicted molar refractivity (Wildman–Crippen MR) is 35.8 cm³/mol. The van der Waals surface area contributed by atoms with E-state index in [1.807, 2.05) is 0 Å². The van der Waals surface area contributed by atoms with Crippen molar-refractivity contribution >= 4 is 0 Å². The first-order chi connectivity index (χ1) is 3.93. The largest absolute Gasteiger partial charge is 0.311 e. The second-order valence-corrected chi connectivity index (χ2v) is 2.25. The molecule has 0 aliphatic heterocycles. The van der Waals surface area contributed by atoms with Gasteiger partial charge in [0.05, 0.1) is 0 Å². The van der Waals surface area contributed by atoms with Gasteiger partial charge in [-0.1, -0.05) is 12.2 Å². The molecule has 1 nitrogen and oxygen atoms in total. The molecule has 0 saturated heterocycles. The van der Waals surface area contributed by atoms with Crippen molar-refractivity contribution < 1.29 is 0 Å². The van der Waals surface area contributed by atoms with Crippen molar-refractivity contribution in [3.63, 3.8) is 0 Å². The molecule has 0 spiro atoms. The van der Waals surface area contributed by atoms with Crippen LogP contribution in [0, 0.1) is 0 Å². The second kappa shape index (κ2) is 2.88. The Morgan fingerprint density at radius 2 is 2.38 bits per heavy atom. The van der Waals surface area contributed by atoms with E-state index in [4.69, 9.17) is 0 Å². The van der Waals surface area contributed by atoms with Crippen molar-refractivity contribution in [3.05, 3.63) is 12.2 Å². The van der Waals surface area contributed by atoms with Crippen LogP contribution in [0.2, 0.25) is 0 Å². The highest BCUT2D eigenvalue weighted by molar-refractivity contribution is 4.86. The van der Waals surface area contributed by atoms with Gasteiger partial charge in [-0.05, 0) is 19.8 Å². The second-order valence-electron chi connectivity index (χ2n) is 2.25. The van der Waals surface area contributed by atoms with Crippen LogP contribution in [-0.4, -0.2) is 12.6 Å². The summed E-state index contributed by atoms with van der Waals surface area (Å²) in [7, 11) is 0. The fourth-order valence-corrected chi connectivity index (χ4v) is 0.640. The minimum Gasteiger partial charge on any atom is -0.311 e. The molecule has 0 amide bonds. The van der Waals surface area contributed by atoms with Gasteiger partial charge in [-0.2, -0.15) is 0 Å². The van der Waals surface area contributed by atoms with Crippen LogP contribution in [-0.2, 0) is 0 Å². The summed E-state index contributed by atoms with van der Waals surface area (Å²) in [4.78, 5) is 0. The maximum absolute atomic E-state index is 3.37. The third-order valence-electron chi connectivity index (χ3n) is 1.34. The van der Waals surface area contributed by atoms with E-state index < -0.39 is 0 Å². The summed E-state index contributed by atoms with van der Waals surface area (Å²) in [6.07, 6.45) is 7.00. The molecule has 0 aromatic carbocycles. The van der Waals surface area contributed by atoms with Crippen LogP contribution in [0.3, 0.4) is 0 Å². The van der Waals surface area contributed by atoms with Gasteiger partial charge < -0.3 is 5.32 Å². The van der Waals surface area contributed by atoms with Crippen LogP contribution in [0.4, 0.5) is 0 Å². The van der Waals surface area contributed by atoms with Crippen molar-refractivity contribution in [1.29, 1.82) is 0 Å². The molecule has 8 heavy (non-hydrogen) atoms. The predicted octanol–water partition coefficient (Wildman–Crippen LogP) is 1.31. The standard InChI is InChI=1S/C7H13N/c1-2-3-6-8-7-4-5-7/h2-3,7-8H,4-6H2,1H3/b3-2+. The summed E-state index contributed by atoms with van der Waals surface area (Å²) in [5.74, 6) is 0. The van der Waals surface area contributed by atoms with Gasteiger partial charge in [0.25, 0.3) is 0 Å². The van der Waals surface area contributed by atoms with Crippen molar-refractivity contribution in [1.82, 2.24) is 5.32 Å². The topological polar surface area (TPSA) is 12.0 Å². The van der Waals surface area contributed by atoms with Crippen molar-refractivity contribution in [2.24, 2.45) is 0 Å². The molecule has 1 rings (SSSR count). The SMILES string of the molecule is C/C=C/CNC1CC1. The van der Waals surface area contributed by atoms with Gasteiger partial charge in [-0.15, -0.1) is 0 Å². The molecule has 0 aromatic heterocycles. The minimum absolute atomic E-state index is 0.853. The normalized spacial score (nSPS) is 20.1. The number of hydrogen-bond donors (Lipinski definition) is 1. The highest BCUT2D eigenvalue weighted by Crippen LogP contribution is 2.17. The minimum atomic E-state index is 0.853. The zero-order valence-electron chi connectivity index (χ0n) is 5.35. The summed E-state index contributed by atoms with van der Waals surface area (Å²) in [6, 6.07) is 0.853. The van der Waals surface area contributed by atoms with Crippen molar-refractivity contribution in [3.8, 4) is 0 Å². The van der Waals surface area contributed by atoms with Gasteiger partial charge in [0.15, 0.2) is 0 Å². The van der Waals surface area contributed by atoms with E-state index in [1.54, 1.807) is 0 Å². The Labute approximate surface area is 50.8 Å². The van der Waals surface area contributed by atoms with Crippen LogP contribution in [0.1, 0.15) is 19.8 Å². The smallest absolute Gasteiger partial charge is 0.0137 e. The van der Waals surface area contributed by atoms with Crippen LogP contribution < -0.4 is 5.32 Å². The third-order valence-corrected chi connectivity index (χ3v) is 1.34. The van der Waals surface area contributed by atoms with Crippen LogP contribution in [0.25, 0.3) is 0 Å². The quantitative estimate of drug-likeness (QED) is 0.541. The average molecular weight is 111 g/mol. The molecular weight excluding hydrogens is 98.1 g/mol. The number of nitrogens with one attached hydrogen (secondary N) is 1. The van der Waals surface area contributed by atoms with Gasteiger partial charge in [0.2, 0.25) is 0 Å². The van der Waals surface area contributed by atoms with Gasteiger partial charge in [0, 0.05) is 12.6 Å². The fourth-order valence-electron chi connectivity index (χ4n) is 0.640. The zero-order valence-corrected chi connectivity index (χ0v) is 5.35. The molecule has 1 fully saturated rings. The Balaban J connectivity index is 1.88. The molecule has 0 unspecified atom stereocenters.